The largest absolute Gasteiger partial charge is 0.391 e. The van der Waals surface area contributed by atoms with Crippen LogP contribution in [0.15, 0.2) is 16.3 Å². The number of hydrogen-bond donors (Lipinski definition) is 1. The molecule has 98 valence electrons. The van der Waals surface area contributed by atoms with Gasteiger partial charge in [0.1, 0.15) is 4.21 Å². The standard InChI is InChI=1S/C11H19NO3S2/c1-3-4-5-8-12(2)17(14,15)11-7-6-10(9-13)16-11/h6-7,13H,3-5,8-9H2,1-2H3. The molecule has 1 rings (SSSR count). The maximum absolute atomic E-state index is 12.1. The van der Waals surface area contributed by atoms with Crippen LogP contribution in [0.5, 0.6) is 0 Å². The SMILES string of the molecule is CCCCCN(C)S(=O)(=O)c1ccc(CO)s1. The van der Waals surface area contributed by atoms with Gasteiger partial charge in [-0.05, 0) is 18.6 Å². The van der Waals surface area contributed by atoms with E-state index in [-0.39, 0.29) is 6.61 Å². The molecule has 0 radical (unpaired) electrons. The van der Waals surface area contributed by atoms with Gasteiger partial charge in [-0.2, -0.15) is 0 Å². The molecule has 0 unspecified atom stereocenters. The number of unbranched alkanes of at least 4 members (excludes halogenated alkanes) is 2. The van der Waals surface area contributed by atoms with Crippen LogP contribution in [-0.2, 0) is 16.6 Å². The number of sulfonamides is 1. The number of thiophene rings is 1. The minimum absolute atomic E-state index is 0.111. The van der Waals surface area contributed by atoms with Crippen molar-refractivity contribution in [3.63, 3.8) is 0 Å². The van der Waals surface area contributed by atoms with E-state index in [0.29, 0.717) is 15.6 Å². The molecule has 0 fully saturated rings. The Kier molecular flexibility index (Phi) is 5.58. The number of aliphatic hydroxyl groups excluding tert-OH is 1. The summed E-state index contributed by atoms with van der Waals surface area (Å²) in [5.41, 5.74) is 0. The summed E-state index contributed by atoms with van der Waals surface area (Å²) in [6.07, 6.45) is 2.98. The van der Waals surface area contributed by atoms with E-state index in [4.69, 9.17) is 5.11 Å². The fraction of sp³-hybridized carbons (Fsp3) is 0.636. The average Bonchev–Trinajstić information content (AvgIpc) is 2.78. The summed E-state index contributed by atoms with van der Waals surface area (Å²) in [6, 6.07) is 3.21. The Bertz CT molecular complexity index is 439. The van der Waals surface area contributed by atoms with E-state index < -0.39 is 10.0 Å². The summed E-state index contributed by atoms with van der Waals surface area (Å²) in [5, 5.41) is 8.93. The fourth-order valence-electron chi connectivity index (χ4n) is 1.44. The normalized spacial score (nSPS) is 12.2. The van der Waals surface area contributed by atoms with Crippen molar-refractivity contribution in [3.8, 4) is 0 Å². The quantitative estimate of drug-likeness (QED) is 0.776. The third-order valence-corrected chi connectivity index (χ3v) is 5.93. The van der Waals surface area contributed by atoms with Crippen molar-refractivity contribution in [1.82, 2.24) is 4.31 Å². The maximum atomic E-state index is 12.1. The first-order valence-corrected chi connectivity index (χ1v) is 7.94. The summed E-state index contributed by atoms with van der Waals surface area (Å²) in [4.78, 5) is 0.672. The molecule has 0 saturated carbocycles. The van der Waals surface area contributed by atoms with Crippen LogP contribution in [0.4, 0.5) is 0 Å². The molecule has 4 nitrogen and oxygen atoms in total. The van der Waals surface area contributed by atoms with Crippen molar-refractivity contribution < 1.29 is 13.5 Å². The van der Waals surface area contributed by atoms with Crippen LogP contribution in [0, 0.1) is 0 Å². The van der Waals surface area contributed by atoms with Gasteiger partial charge in [0.2, 0.25) is 0 Å². The number of aliphatic hydroxyl groups is 1. The Morgan fingerprint density at radius 3 is 2.59 bits per heavy atom. The Morgan fingerprint density at radius 1 is 1.35 bits per heavy atom. The predicted molar refractivity (Wildman–Crippen MR) is 69.6 cm³/mol. The van der Waals surface area contributed by atoms with Crippen LogP contribution in [0.1, 0.15) is 31.1 Å². The molecule has 0 bridgehead atoms. The van der Waals surface area contributed by atoms with E-state index >= 15 is 0 Å². The molecular weight excluding hydrogens is 258 g/mol. The average molecular weight is 277 g/mol. The van der Waals surface area contributed by atoms with E-state index in [9.17, 15) is 8.42 Å². The second-order valence-corrected chi connectivity index (χ2v) is 7.35. The van der Waals surface area contributed by atoms with E-state index in [1.54, 1.807) is 19.2 Å². The smallest absolute Gasteiger partial charge is 0.252 e. The highest BCUT2D eigenvalue weighted by Gasteiger charge is 2.22. The monoisotopic (exact) mass is 277 g/mol. The highest BCUT2D eigenvalue weighted by Crippen LogP contribution is 2.24. The molecule has 0 saturated heterocycles. The van der Waals surface area contributed by atoms with Gasteiger partial charge >= 0.3 is 0 Å². The third kappa shape index (κ3) is 3.77. The molecular formula is C11H19NO3S2. The van der Waals surface area contributed by atoms with Crippen molar-refractivity contribution in [3.05, 3.63) is 17.0 Å². The predicted octanol–water partition coefficient (Wildman–Crippen LogP) is 2.05. The van der Waals surface area contributed by atoms with Gasteiger partial charge in [0.25, 0.3) is 10.0 Å². The second kappa shape index (κ2) is 6.49. The first-order chi connectivity index (χ1) is 8.02. The molecule has 0 aliphatic rings. The summed E-state index contributed by atoms with van der Waals surface area (Å²) in [5.74, 6) is 0. The first-order valence-electron chi connectivity index (χ1n) is 5.68. The van der Waals surface area contributed by atoms with Crippen LogP contribution in [0.25, 0.3) is 0 Å². The van der Waals surface area contributed by atoms with Crippen LogP contribution in [-0.4, -0.2) is 31.4 Å². The van der Waals surface area contributed by atoms with Gasteiger partial charge in [-0.3, -0.25) is 0 Å². The molecule has 0 aromatic carbocycles. The summed E-state index contributed by atoms with van der Waals surface area (Å²) < 4.78 is 25.9. The van der Waals surface area contributed by atoms with Gasteiger partial charge in [-0.15, -0.1) is 11.3 Å². The first kappa shape index (κ1) is 14.6. The fourth-order valence-corrected chi connectivity index (χ4v) is 4.08. The van der Waals surface area contributed by atoms with Crippen LogP contribution in [0.3, 0.4) is 0 Å². The van der Waals surface area contributed by atoms with E-state index in [1.165, 1.54) is 4.31 Å². The molecule has 0 spiro atoms. The van der Waals surface area contributed by atoms with E-state index in [1.807, 2.05) is 0 Å². The topological polar surface area (TPSA) is 57.6 Å². The summed E-state index contributed by atoms with van der Waals surface area (Å²) in [7, 11) is -1.77. The zero-order chi connectivity index (χ0) is 12.9. The zero-order valence-corrected chi connectivity index (χ0v) is 11.9. The van der Waals surface area contributed by atoms with Crippen molar-refractivity contribution >= 4 is 21.4 Å². The number of nitrogens with zero attached hydrogens (tertiary/aromatic N) is 1. The summed E-state index contributed by atoms with van der Waals surface area (Å²) in [6.45, 7) is 2.52. The van der Waals surface area contributed by atoms with Gasteiger partial charge in [-0.1, -0.05) is 19.8 Å². The minimum Gasteiger partial charge on any atom is -0.391 e. The van der Waals surface area contributed by atoms with Gasteiger partial charge in [0.05, 0.1) is 6.61 Å². The molecule has 1 heterocycles. The lowest BCUT2D eigenvalue weighted by atomic mass is 10.2. The van der Waals surface area contributed by atoms with Crippen LogP contribution in [0.2, 0.25) is 0 Å². The lowest BCUT2D eigenvalue weighted by Gasteiger charge is -2.15. The Hall–Kier alpha value is -0.430. The Labute approximate surface area is 107 Å². The highest BCUT2D eigenvalue weighted by atomic mass is 32.2. The molecule has 0 aliphatic carbocycles. The molecule has 1 aromatic heterocycles. The molecule has 0 atom stereocenters. The number of hydrogen-bond acceptors (Lipinski definition) is 4. The van der Waals surface area contributed by atoms with Crippen molar-refractivity contribution in [2.24, 2.45) is 0 Å². The molecule has 0 aliphatic heterocycles. The molecule has 6 heteroatoms. The van der Waals surface area contributed by atoms with Gasteiger partial charge < -0.3 is 5.11 Å². The zero-order valence-electron chi connectivity index (χ0n) is 10.2. The Morgan fingerprint density at radius 2 is 2.06 bits per heavy atom. The van der Waals surface area contributed by atoms with Crippen molar-refractivity contribution in [2.75, 3.05) is 13.6 Å². The van der Waals surface area contributed by atoms with Crippen molar-refractivity contribution in [1.29, 1.82) is 0 Å². The van der Waals surface area contributed by atoms with Crippen molar-refractivity contribution in [2.45, 2.75) is 37.0 Å². The van der Waals surface area contributed by atoms with Crippen LogP contribution >= 0.6 is 11.3 Å². The maximum Gasteiger partial charge on any atom is 0.252 e. The molecule has 17 heavy (non-hydrogen) atoms. The van der Waals surface area contributed by atoms with Gasteiger partial charge in [0, 0.05) is 18.5 Å². The van der Waals surface area contributed by atoms with E-state index in [2.05, 4.69) is 6.92 Å². The lowest BCUT2D eigenvalue weighted by molar-refractivity contribution is 0.285. The lowest BCUT2D eigenvalue weighted by Crippen LogP contribution is -2.27. The molecule has 1 aromatic rings. The highest BCUT2D eigenvalue weighted by molar-refractivity contribution is 7.91. The minimum atomic E-state index is -3.37. The van der Waals surface area contributed by atoms with E-state index in [0.717, 1.165) is 30.6 Å². The second-order valence-electron chi connectivity index (χ2n) is 3.91. The molecule has 1 N–H and O–H groups in total. The number of rotatable bonds is 7. The molecule has 0 amide bonds. The summed E-state index contributed by atoms with van der Waals surface area (Å²) >= 11 is 1.13. The van der Waals surface area contributed by atoms with Gasteiger partial charge in [0.15, 0.2) is 0 Å². The Balaban J connectivity index is 2.73. The third-order valence-electron chi connectivity index (χ3n) is 2.53. The van der Waals surface area contributed by atoms with Crippen LogP contribution < -0.4 is 0 Å². The van der Waals surface area contributed by atoms with Gasteiger partial charge in [-0.25, -0.2) is 12.7 Å².